The highest BCUT2D eigenvalue weighted by Gasteiger charge is 2.18. The SMILES string of the molecule is Cc1ccc(OCC(=O)c2ccc3c(c2)OCCO3)c([N+](=O)[O-])c1. The van der Waals surface area contributed by atoms with Gasteiger partial charge in [0.25, 0.3) is 0 Å². The van der Waals surface area contributed by atoms with Crippen molar-refractivity contribution in [3.8, 4) is 17.2 Å². The molecule has 3 rings (SSSR count). The van der Waals surface area contributed by atoms with Crippen LogP contribution in [0.5, 0.6) is 17.2 Å². The normalized spacial score (nSPS) is 12.5. The minimum atomic E-state index is -0.531. The number of benzene rings is 2. The van der Waals surface area contributed by atoms with Crippen molar-refractivity contribution >= 4 is 11.5 Å². The Morgan fingerprint density at radius 2 is 1.92 bits per heavy atom. The first-order valence-electron chi connectivity index (χ1n) is 7.35. The topological polar surface area (TPSA) is 87.9 Å². The Hall–Kier alpha value is -3.09. The van der Waals surface area contributed by atoms with Gasteiger partial charge in [0.15, 0.2) is 29.6 Å². The summed E-state index contributed by atoms with van der Waals surface area (Å²) in [5.74, 6) is 0.861. The molecule has 1 heterocycles. The number of hydrogen-bond donors (Lipinski definition) is 0. The number of hydrogen-bond acceptors (Lipinski definition) is 6. The van der Waals surface area contributed by atoms with E-state index in [2.05, 4.69) is 0 Å². The van der Waals surface area contributed by atoms with E-state index in [1.807, 2.05) is 0 Å². The number of nitro benzene ring substituents is 1. The molecule has 24 heavy (non-hydrogen) atoms. The minimum Gasteiger partial charge on any atom is -0.486 e. The zero-order chi connectivity index (χ0) is 17.1. The molecule has 0 radical (unpaired) electrons. The van der Waals surface area contributed by atoms with Gasteiger partial charge < -0.3 is 14.2 Å². The monoisotopic (exact) mass is 329 g/mol. The summed E-state index contributed by atoms with van der Waals surface area (Å²) in [6.07, 6.45) is 0. The third kappa shape index (κ3) is 3.29. The molecule has 0 fully saturated rings. The van der Waals surface area contributed by atoms with Crippen LogP contribution in [-0.2, 0) is 0 Å². The summed E-state index contributed by atoms with van der Waals surface area (Å²) in [5.41, 5.74) is 0.978. The van der Waals surface area contributed by atoms with Crippen LogP contribution in [0.1, 0.15) is 15.9 Å². The van der Waals surface area contributed by atoms with Crippen LogP contribution in [0.25, 0.3) is 0 Å². The van der Waals surface area contributed by atoms with E-state index in [-0.39, 0.29) is 23.8 Å². The fourth-order valence-electron chi connectivity index (χ4n) is 2.34. The highest BCUT2D eigenvalue weighted by molar-refractivity contribution is 5.97. The molecule has 2 aromatic rings. The number of nitro groups is 1. The van der Waals surface area contributed by atoms with Crippen LogP contribution in [0.15, 0.2) is 36.4 Å². The lowest BCUT2D eigenvalue weighted by molar-refractivity contribution is -0.385. The van der Waals surface area contributed by atoms with Crippen LogP contribution >= 0.6 is 0 Å². The fourth-order valence-corrected chi connectivity index (χ4v) is 2.34. The molecule has 2 aromatic carbocycles. The first-order valence-corrected chi connectivity index (χ1v) is 7.35. The molecular formula is C17H15NO6. The molecule has 0 atom stereocenters. The summed E-state index contributed by atoms with van der Waals surface area (Å²) in [4.78, 5) is 22.8. The van der Waals surface area contributed by atoms with Crippen LogP contribution in [-0.4, -0.2) is 30.5 Å². The number of nitrogens with zero attached hydrogens (tertiary/aromatic N) is 1. The Bertz CT molecular complexity index is 802. The van der Waals surface area contributed by atoms with E-state index < -0.39 is 4.92 Å². The molecule has 1 aliphatic heterocycles. The van der Waals surface area contributed by atoms with Crippen LogP contribution in [0.2, 0.25) is 0 Å². The molecule has 124 valence electrons. The van der Waals surface area contributed by atoms with E-state index in [1.165, 1.54) is 12.1 Å². The predicted molar refractivity (Wildman–Crippen MR) is 85.1 cm³/mol. The van der Waals surface area contributed by atoms with Gasteiger partial charge in [-0.2, -0.15) is 0 Å². The molecule has 0 saturated carbocycles. The number of ketones is 1. The summed E-state index contributed by atoms with van der Waals surface area (Å²) < 4.78 is 16.2. The van der Waals surface area contributed by atoms with Crippen molar-refractivity contribution in [2.75, 3.05) is 19.8 Å². The molecule has 0 N–H and O–H groups in total. The van der Waals surface area contributed by atoms with Crippen molar-refractivity contribution in [1.29, 1.82) is 0 Å². The van der Waals surface area contributed by atoms with Gasteiger partial charge in [0, 0.05) is 11.6 Å². The lowest BCUT2D eigenvalue weighted by atomic mass is 10.1. The van der Waals surface area contributed by atoms with Crippen LogP contribution in [0.4, 0.5) is 5.69 Å². The molecule has 0 spiro atoms. The number of aryl methyl sites for hydroxylation is 1. The Morgan fingerprint density at radius 1 is 1.17 bits per heavy atom. The lowest BCUT2D eigenvalue weighted by Crippen LogP contribution is -2.17. The standard InChI is InChI=1S/C17H15NO6/c1-11-2-4-15(13(8-11)18(20)21)24-10-14(19)12-3-5-16-17(9-12)23-7-6-22-16/h2-5,8-9H,6-7,10H2,1H3. The molecule has 0 bridgehead atoms. The Balaban J connectivity index is 1.73. The first kappa shape index (κ1) is 15.8. The van der Waals surface area contributed by atoms with Crippen molar-refractivity contribution in [1.82, 2.24) is 0 Å². The fraction of sp³-hybridized carbons (Fsp3) is 0.235. The predicted octanol–water partition coefficient (Wildman–Crippen LogP) is 2.94. The Morgan fingerprint density at radius 3 is 2.67 bits per heavy atom. The molecule has 1 aliphatic rings. The number of carbonyl (C=O) groups excluding carboxylic acids is 1. The molecule has 0 saturated heterocycles. The zero-order valence-electron chi connectivity index (χ0n) is 13.0. The summed E-state index contributed by atoms with van der Waals surface area (Å²) in [6, 6.07) is 9.45. The molecule has 7 heteroatoms. The van der Waals surface area contributed by atoms with E-state index in [0.717, 1.165) is 5.56 Å². The van der Waals surface area contributed by atoms with Gasteiger partial charge in [0.1, 0.15) is 13.2 Å². The van der Waals surface area contributed by atoms with E-state index in [4.69, 9.17) is 14.2 Å². The van der Waals surface area contributed by atoms with E-state index >= 15 is 0 Å². The number of carbonyl (C=O) groups is 1. The van der Waals surface area contributed by atoms with Crippen molar-refractivity contribution in [3.05, 3.63) is 57.6 Å². The van der Waals surface area contributed by atoms with Crippen molar-refractivity contribution < 1.29 is 23.9 Å². The minimum absolute atomic E-state index is 0.0662. The van der Waals surface area contributed by atoms with E-state index in [9.17, 15) is 14.9 Å². The van der Waals surface area contributed by atoms with Crippen LogP contribution in [0, 0.1) is 17.0 Å². The Kier molecular flexibility index (Phi) is 4.33. The average molecular weight is 329 g/mol. The summed E-state index contributed by atoms with van der Waals surface area (Å²) in [6.45, 7) is 2.35. The number of ether oxygens (including phenoxy) is 3. The van der Waals surface area contributed by atoms with E-state index in [0.29, 0.717) is 30.3 Å². The molecule has 0 aliphatic carbocycles. The molecule has 0 unspecified atom stereocenters. The van der Waals surface area contributed by atoms with E-state index in [1.54, 1.807) is 31.2 Å². The van der Waals surface area contributed by atoms with Gasteiger partial charge in [-0.1, -0.05) is 6.07 Å². The van der Waals surface area contributed by atoms with Gasteiger partial charge in [-0.15, -0.1) is 0 Å². The van der Waals surface area contributed by atoms with Gasteiger partial charge in [-0.25, -0.2) is 0 Å². The third-order valence-electron chi connectivity index (χ3n) is 3.53. The quantitative estimate of drug-likeness (QED) is 0.476. The van der Waals surface area contributed by atoms with Gasteiger partial charge >= 0.3 is 5.69 Å². The molecular weight excluding hydrogens is 314 g/mol. The van der Waals surface area contributed by atoms with Crippen molar-refractivity contribution in [2.24, 2.45) is 0 Å². The van der Waals surface area contributed by atoms with Gasteiger partial charge in [0.2, 0.25) is 0 Å². The zero-order valence-corrected chi connectivity index (χ0v) is 13.0. The van der Waals surface area contributed by atoms with Gasteiger partial charge in [0.05, 0.1) is 4.92 Å². The molecule has 0 aromatic heterocycles. The maximum absolute atomic E-state index is 12.3. The highest BCUT2D eigenvalue weighted by Crippen LogP contribution is 2.31. The second-order valence-corrected chi connectivity index (χ2v) is 5.30. The van der Waals surface area contributed by atoms with Gasteiger partial charge in [-0.3, -0.25) is 14.9 Å². The number of fused-ring (bicyclic) bond motifs is 1. The Labute approximate surface area is 137 Å². The third-order valence-corrected chi connectivity index (χ3v) is 3.53. The second kappa shape index (κ2) is 6.57. The summed E-state index contributed by atoms with van der Waals surface area (Å²) in [7, 11) is 0. The van der Waals surface area contributed by atoms with Crippen molar-refractivity contribution in [2.45, 2.75) is 6.92 Å². The second-order valence-electron chi connectivity index (χ2n) is 5.30. The number of rotatable bonds is 5. The lowest BCUT2D eigenvalue weighted by Gasteiger charge is -2.18. The smallest absolute Gasteiger partial charge is 0.311 e. The maximum Gasteiger partial charge on any atom is 0.311 e. The summed E-state index contributed by atoms with van der Waals surface area (Å²) >= 11 is 0. The largest absolute Gasteiger partial charge is 0.486 e. The maximum atomic E-state index is 12.3. The summed E-state index contributed by atoms with van der Waals surface area (Å²) in [5, 5.41) is 11.1. The van der Waals surface area contributed by atoms with Gasteiger partial charge in [-0.05, 0) is 36.8 Å². The van der Waals surface area contributed by atoms with Crippen LogP contribution in [0.3, 0.4) is 0 Å². The van der Waals surface area contributed by atoms with Crippen molar-refractivity contribution in [3.63, 3.8) is 0 Å². The number of Topliss-reactive ketones (excluding diaryl/α,β-unsaturated/α-hetero) is 1. The first-order chi connectivity index (χ1) is 11.5. The molecule has 0 amide bonds. The van der Waals surface area contributed by atoms with Crippen LogP contribution < -0.4 is 14.2 Å². The molecule has 7 nitrogen and oxygen atoms in total. The average Bonchev–Trinajstić information content (AvgIpc) is 2.59. The highest BCUT2D eigenvalue weighted by atomic mass is 16.6.